The van der Waals surface area contributed by atoms with E-state index in [-0.39, 0.29) is 29.5 Å². The van der Waals surface area contributed by atoms with Crippen molar-refractivity contribution >= 4 is 29.9 Å². The van der Waals surface area contributed by atoms with Crippen molar-refractivity contribution in [2.45, 2.75) is 32.9 Å². The van der Waals surface area contributed by atoms with Crippen LogP contribution in [-0.4, -0.2) is 57.8 Å². The molecule has 144 valence electrons. The first-order chi connectivity index (χ1) is 11.3. The Labute approximate surface area is 169 Å². The van der Waals surface area contributed by atoms with Crippen LogP contribution in [0, 0.1) is 0 Å². The first-order valence-electron chi connectivity index (χ1n) is 8.24. The van der Waals surface area contributed by atoms with E-state index in [0.29, 0.717) is 6.54 Å². The molecule has 0 aliphatic carbocycles. The summed E-state index contributed by atoms with van der Waals surface area (Å²) < 4.78 is 10.6. The molecule has 2 N–H and O–H groups in total. The van der Waals surface area contributed by atoms with Crippen molar-refractivity contribution in [3.63, 3.8) is 0 Å². The van der Waals surface area contributed by atoms with Gasteiger partial charge in [0.1, 0.15) is 0 Å². The van der Waals surface area contributed by atoms with E-state index in [1.165, 1.54) is 0 Å². The Kier molecular flexibility index (Phi) is 10.8. The number of rotatable bonds is 8. The Morgan fingerprint density at radius 3 is 2.28 bits per heavy atom. The standard InChI is InChI=1S/C18H32N4O2.HI/c1-8-19-17(21-13-18(2,3)22(4)5)20-12-14-9-10-15(23-6)16(11-14)24-7;/h9-11H,8,12-13H2,1-7H3,(H2,19,20,21);1H. The van der Waals surface area contributed by atoms with Gasteiger partial charge in [0.25, 0.3) is 0 Å². The lowest BCUT2D eigenvalue weighted by atomic mass is 10.0. The SMILES string of the molecule is CCNC(=NCc1ccc(OC)c(OC)c1)NCC(C)(C)N(C)C.I. The highest BCUT2D eigenvalue weighted by molar-refractivity contribution is 14.0. The number of hydrogen-bond donors (Lipinski definition) is 2. The first-order valence-corrected chi connectivity index (χ1v) is 8.24. The third kappa shape index (κ3) is 7.68. The van der Waals surface area contributed by atoms with E-state index in [2.05, 4.69) is 55.4 Å². The molecule has 0 saturated carbocycles. The summed E-state index contributed by atoms with van der Waals surface area (Å²) in [6, 6.07) is 5.85. The number of hydrogen-bond acceptors (Lipinski definition) is 4. The van der Waals surface area contributed by atoms with Crippen molar-refractivity contribution < 1.29 is 9.47 Å². The minimum atomic E-state index is 0. The molecule has 1 aromatic rings. The number of halogens is 1. The monoisotopic (exact) mass is 464 g/mol. The highest BCUT2D eigenvalue weighted by atomic mass is 127. The Morgan fingerprint density at radius 1 is 1.12 bits per heavy atom. The minimum Gasteiger partial charge on any atom is -0.493 e. The highest BCUT2D eigenvalue weighted by Gasteiger charge is 2.20. The fourth-order valence-corrected chi connectivity index (χ4v) is 1.95. The van der Waals surface area contributed by atoms with Gasteiger partial charge in [0.15, 0.2) is 17.5 Å². The van der Waals surface area contributed by atoms with Crippen LogP contribution in [0.1, 0.15) is 26.3 Å². The summed E-state index contributed by atoms with van der Waals surface area (Å²) in [5.41, 5.74) is 1.11. The number of nitrogens with zero attached hydrogens (tertiary/aromatic N) is 2. The van der Waals surface area contributed by atoms with E-state index in [9.17, 15) is 0 Å². The lowest BCUT2D eigenvalue weighted by molar-refractivity contribution is 0.197. The molecule has 0 bridgehead atoms. The van der Waals surface area contributed by atoms with Crippen LogP contribution in [0.5, 0.6) is 11.5 Å². The van der Waals surface area contributed by atoms with Crippen molar-refractivity contribution in [2.24, 2.45) is 4.99 Å². The van der Waals surface area contributed by atoms with E-state index < -0.39 is 0 Å². The minimum absolute atomic E-state index is 0. The third-order valence-corrected chi connectivity index (χ3v) is 4.11. The van der Waals surface area contributed by atoms with E-state index in [1.54, 1.807) is 14.2 Å². The zero-order chi connectivity index (χ0) is 18.2. The Morgan fingerprint density at radius 2 is 1.76 bits per heavy atom. The Hall–Kier alpha value is -1.22. The smallest absolute Gasteiger partial charge is 0.191 e. The van der Waals surface area contributed by atoms with Gasteiger partial charge >= 0.3 is 0 Å². The van der Waals surface area contributed by atoms with Gasteiger partial charge in [-0.3, -0.25) is 0 Å². The summed E-state index contributed by atoms with van der Waals surface area (Å²) in [6.07, 6.45) is 0. The molecule has 6 nitrogen and oxygen atoms in total. The Balaban J connectivity index is 0.00000576. The van der Waals surface area contributed by atoms with Gasteiger partial charge in [-0.15, -0.1) is 24.0 Å². The average Bonchev–Trinajstić information content (AvgIpc) is 2.56. The second-order valence-corrected chi connectivity index (χ2v) is 6.44. The molecule has 0 radical (unpaired) electrons. The quantitative estimate of drug-likeness (QED) is 0.352. The molecule has 7 heteroatoms. The molecule has 0 aliphatic rings. The maximum atomic E-state index is 5.34. The van der Waals surface area contributed by atoms with Crippen LogP contribution in [0.25, 0.3) is 0 Å². The molecule has 0 aromatic heterocycles. The normalized spacial score (nSPS) is 11.8. The van der Waals surface area contributed by atoms with E-state index in [1.807, 2.05) is 18.2 Å². The highest BCUT2D eigenvalue weighted by Crippen LogP contribution is 2.27. The van der Waals surface area contributed by atoms with Crippen LogP contribution in [0.3, 0.4) is 0 Å². The molecule has 0 unspecified atom stereocenters. The van der Waals surface area contributed by atoms with Crippen LogP contribution >= 0.6 is 24.0 Å². The van der Waals surface area contributed by atoms with Gasteiger partial charge in [0.05, 0.1) is 20.8 Å². The topological polar surface area (TPSA) is 58.1 Å². The van der Waals surface area contributed by atoms with E-state index in [0.717, 1.165) is 36.1 Å². The molecule has 0 saturated heterocycles. The number of nitrogens with one attached hydrogen (secondary N) is 2. The van der Waals surface area contributed by atoms with Crippen molar-refractivity contribution in [3.05, 3.63) is 23.8 Å². The summed E-state index contributed by atoms with van der Waals surface area (Å²) in [6.45, 7) is 8.64. The molecule has 1 rings (SSSR count). The average molecular weight is 464 g/mol. The maximum Gasteiger partial charge on any atom is 0.191 e. The second kappa shape index (κ2) is 11.4. The van der Waals surface area contributed by atoms with E-state index in [4.69, 9.17) is 9.47 Å². The van der Waals surface area contributed by atoms with Gasteiger partial charge in [0.2, 0.25) is 0 Å². The molecular weight excluding hydrogens is 431 g/mol. The molecule has 0 amide bonds. The predicted octanol–water partition coefficient (Wildman–Crippen LogP) is 2.72. The summed E-state index contributed by atoms with van der Waals surface area (Å²) in [7, 11) is 7.43. The molecule has 25 heavy (non-hydrogen) atoms. The van der Waals surface area contributed by atoms with Gasteiger partial charge < -0.3 is 25.0 Å². The number of guanidine groups is 1. The predicted molar refractivity (Wildman–Crippen MR) is 116 cm³/mol. The summed E-state index contributed by atoms with van der Waals surface area (Å²) in [4.78, 5) is 6.85. The Bertz CT molecular complexity index is 548. The van der Waals surface area contributed by atoms with Gasteiger partial charge in [-0.2, -0.15) is 0 Å². The fraction of sp³-hybridized carbons (Fsp3) is 0.611. The molecule has 0 aliphatic heterocycles. The fourth-order valence-electron chi connectivity index (χ4n) is 1.95. The van der Waals surface area contributed by atoms with Crippen molar-refractivity contribution in [3.8, 4) is 11.5 Å². The van der Waals surface area contributed by atoms with E-state index >= 15 is 0 Å². The summed E-state index contributed by atoms with van der Waals surface area (Å²) >= 11 is 0. The largest absolute Gasteiger partial charge is 0.493 e. The zero-order valence-corrected chi connectivity index (χ0v) is 18.8. The molecule has 1 aromatic carbocycles. The van der Waals surface area contributed by atoms with Gasteiger partial charge in [0, 0.05) is 18.6 Å². The van der Waals surface area contributed by atoms with Gasteiger partial charge in [-0.1, -0.05) is 6.07 Å². The number of benzene rings is 1. The van der Waals surface area contributed by atoms with Crippen LogP contribution < -0.4 is 20.1 Å². The molecular formula is C18H33IN4O2. The van der Waals surface area contributed by atoms with Crippen LogP contribution in [0.4, 0.5) is 0 Å². The molecule has 0 atom stereocenters. The van der Waals surface area contributed by atoms with Crippen LogP contribution in [-0.2, 0) is 6.54 Å². The van der Waals surface area contributed by atoms with Crippen LogP contribution in [0.2, 0.25) is 0 Å². The summed E-state index contributed by atoms with van der Waals surface area (Å²) in [5.74, 6) is 2.25. The number of likely N-dealkylation sites (N-methyl/N-ethyl adjacent to an activating group) is 1. The van der Waals surface area contributed by atoms with Crippen molar-refractivity contribution in [1.82, 2.24) is 15.5 Å². The zero-order valence-electron chi connectivity index (χ0n) is 16.5. The van der Waals surface area contributed by atoms with Crippen molar-refractivity contribution in [1.29, 1.82) is 0 Å². The third-order valence-electron chi connectivity index (χ3n) is 4.11. The second-order valence-electron chi connectivity index (χ2n) is 6.44. The summed E-state index contributed by atoms with van der Waals surface area (Å²) in [5, 5.41) is 6.68. The number of methoxy groups -OCH3 is 2. The number of aliphatic imine (C=N–C) groups is 1. The van der Waals surface area contributed by atoms with Gasteiger partial charge in [-0.25, -0.2) is 4.99 Å². The first kappa shape index (κ1) is 23.8. The van der Waals surface area contributed by atoms with Crippen molar-refractivity contribution in [2.75, 3.05) is 41.4 Å². The lowest BCUT2D eigenvalue weighted by Gasteiger charge is -2.33. The van der Waals surface area contributed by atoms with Gasteiger partial charge in [-0.05, 0) is 52.6 Å². The molecule has 0 spiro atoms. The van der Waals surface area contributed by atoms with Crippen LogP contribution in [0.15, 0.2) is 23.2 Å². The maximum absolute atomic E-state index is 5.34. The molecule has 0 fully saturated rings. The number of ether oxygens (including phenoxy) is 2. The molecule has 0 heterocycles. The lowest BCUT2D eigenvalue weighted by Crippen LogP contribution is -2.50.